The third-order valence-electron chi connectivity index (χ3n) is 9.85. The van der Waals surface area contributed by atoms with Crippen molar-refractivity contribution in [3.8, 4) is 58.0 Å². The Balaban J connectivity index is 0.000000177. The van der Waals surface area contributed by atoms with Gasteiger partial charge in [-0.3, -0.25) is 19.8 Å². The number of nitrogens with zero attached hydrogens (tertiary/aromatic N) is 8. The van der Waals surface area contributed by atoms with Crippen LogP contribution in [0.4, 0.5) is 0 Å². The number of primary amides is 2. The largest absolute Gasteiger partial charge is 0.491 e. The molecule has 0 aliphatic carbocycles. The fourth-order valence-electron chi connectivity index (χ4n) is 6.23. The van der Waals surface area contributed by atoms with Crippen molar-refractivity contribution in [2.45, 2.75) is 65.0 Å². The first-order chi connectivity index (χ1) is 27.8. The van der Waals surface area contributed by atoms with E-state index >= 15 is 0 Å². The Kier molecular flexibility index (Phi) is 10.6. The monoisotopic (exact) mass is 782 g/mol. The SMILES string of the molecule is CCC(C)(C#Cc1ccc2c(c1)-c1nc(C(N)=O)cn1CCO2)c1n[nH]c(C)n1.Cc1nc(C(C)(C#Cc2ccc3c(c2)-c2nc(C(N)=O)cn2CCO3)CO)n[nH]1. The average Bonchev–Trinajstić information content (AvgIpc) is 4.02. The Bertz CT molecular complexity index is 2480. The van der Waals surface area contributed by atoms with Crippen molar-refractivity contribution in [3.63, 3.8) is 0 Å². The normalized spacial score (nSPS) is 14.4. The molecule has 2 aliphatic rings. The van der Waals surface area contributed by atoms with Crippen LogP contribution in [0.15, 0.2) is 48.8 Å². The van der Waals surface area contributed by atoms with Crippen LogP contribution in [0.2, 0.25) is 0 Å². The summed E-state index contributed by atoms with van der Waals surface area (Å²) < 4.78 is 15.4. The number of aliphatic hydroxyl groups excluding tert-OH is 1. The quantitative estimate of drug-likeness (QED) is 0.154. The maximum Gasteiger partial charge on any atom is 0.268 e. The second-order valence-corrected chi connectivity index (χ2v) is 14.3. The summed E-state index contributed by atoms with van der Waals surface area (Å²) in [5.41, 5.74) is 12.9. The number of hydrogen-bond donors (Lipinski definition) is 5. The van der Waals surface area contributed by atoms with E-state index in [9.17, 15) is 14.7 Å². The molecule has 7 N–H and O–H groups in total. The first-order valence-corrected chi connectivity index (χ1v) is 18.5. The predicted octanol–water partition coefficient (Wildman–Crippen LogP) is 2.96. The van der Waals surface area contributed by atoms with Gasteiger partial charge < -0.3 is 35.2 Å². The Morgan fingerprint density at radius 1 is 0.759 bits per heavy atom. The van der Waals surface area contributed by atoms with Crippen molar-refractivity contribution >= 4 is 11.8 Å². The number of nitrogens with one attached hydrogen (secondary N) is 2. The fourth-order valence-corrected chi connectivity index (χ4v) is 6.23. The Morgan fingerprint density at radius 2 is 1.21 bits per heavy atom. The summed E-state index contributed by atoms with van der Waals surface area (Å²) in [6, 6.07) is 11.2. The number of aryl methyl sites for hydroxylation is 2. The number of aliphatic hydroxyl groups is 1. The van der Waals surface area contributed by atoms with Crippen molar-refractivity contribution in [1.29, 1.82) is 0 Å². The second kappa shape index (κ2) is 15.7. The van der Waals surface area contributed by atoms with Gasteiger partial charge in [0, 0.05) is 23.5 Å². The minimum atomic E-state index is -0.911. The number of H-pyrrole nitrogens is 2. The van der Waals surface area contributed by atoms with E-state index in [1.807, 2.05) is 59.4 Å². The molecule has 58 heavy (non-hydrogen) atoms. The van der Waals surface area contributed by atoms with E-state index < -0.39 is 22.6 Å². The van der Waals surface area contributed by atoms with Gasteiger partial charge in [0.2, 0.25) is 0 Å². The van der Waals surface area contributed by atoms with Crippen molar-refractivity contribution in [2.75, 3.05) is 19.8 Å². The van der Waals surface area contributed by atoms with Gasteiger partial charge >= 0.3 is 0 Å². The highest BCUT2D eigenvalue weighted by Crippen LogP contribution is 2.34. The number of ether oxygens (including phenoxy) is 2. The number of nitrogens with two attached hydrogens (primary N) is 2. The number of benzene rings is 2. The molecule has 17 heteroatoms. The highest BCUT2D eigenvalue weighted by atomic mass is 16.5. The first kappa shape index (κ1) is 39.0. The Morgan fingerprint density at radius 3 is 1.60 bits per heavy atom. The van der Waals surface area contributed by atoms with E-state index in [1.165, 1.54) is 0 Å². The lowest BCUT2D eigenvalue weighted by Crippen LogP contribution is -2.26. The summed E-state index contributed by atoms with van der Waals surface area (Å²) in [4.78, 5) is 40.6. The van der Waals surface area contributed by atoms with Crippen LogP contribution in [0, 0.1) is 37.5 Å². The zero-order valence-corrected chi connectivity index (χ0v) is 32.7. The highest BCUT2D eigenvalue weighted by molar-refractivity contribution is 5.92. The molecule has 2 unspecified atom stereocenters. The number of imidazole rings is 2. The van der Waals surface area contributed by atoms with Crippen LogP contribution in [0.5, 0.6) is 11.5 Å². The summed E-state index contributed by atoms with van der Waals surface area (Å²) >= 11 is 0. The first-order valence-electron chi connectivity index (χ1n) is 18.5. The molecular formula is C41H42N12O5. The van der Waals surface area contributed by atoms with Gasteiger partial charge in [0.15, 0.2) is 11.6 Å². The molecule has 0 spiro atoms. The molecular weight excluding hydrogens is 741 g/mol. The van der Waals surface area contributed by atoms with Crippen LogP contribution < -0.4 is 20.9 Å². The lowest BCUT2D eigenvalue weighted by Gasteiger charge is -2.17. The zero-order chi connectivity index (χ0) is 41.2. The molecule has 17 nitrogen and oxygen atoms in total. The predicted molar refractivity (Wildman–Crippen MR) is 211 cm³/mol. The van der Waals surface area contributed by atoms with E-state index in [1.54, 1.807) is 26.2 Å². The van der Waals surface area contributed by atoms with Crippen molar-refractivity contribution in [1.82, 2.24) is 49.5 Å². The summed E-state index contributed by atoms with van der Waals surface area (Å²) in [5, 5.41) is 23.9. The number of fused-ring (bicyclic) bond motifs is 6. The third-order valence-corrected chi connectivity index (χ3v) is 9.85. The standard InChI is InChI=1S/C21H22N6O2.C20H20N6O3/c1-4-21(3,20-23-13(2)25-26-20)8-7-14-5-6-17-15(11-14)19-24-16(18(22)28)12-27(19)9-10-29-17;1-12-22-19(25-24-12)20(2,11-27)6-5-13-3-4-16-14(9-13)18-23-15(17(21)28)10-26(18)7-8-29-16/h5-6,11-12H,4,9-10H2,1-3H3,(H2,22,28)(H,23,25,26);3-4,9-10,27H,7-8,11H2,1-2H3,(H2,21,28)(H,22,24,25). The Labute approximate surface area is 333 Å². The van der Waals surface area contributed by atoms with Crippen molar-refractivity contribution < 1.29 is 24.2 Å². The maximum atomic E-state index is 11.5. The van der Waals surface area contributed by atoms with Crippen LogP contribution in [-0.4, -0.2) is 86.2 Å². The number of carbonyl (C=O) groups excluding carboxylic acids is 2. The molecule has 0 fully saturated rings. The summed E-state index contributed by atoms with van der Waals surface area (Å²) in [5.74, 6) is 16.8. The van der Waals surface area contributed by atoms with Gasteiger partial charge in [-0.1, -0.05) is 30.6 Å². The lowest BCUT2D eigenvalue weighted by molar-refractivity contribution is 0.0987. The van der Waals surface area contributed by atoms with E-state index in [-0.39, 0.29) is 18.0 Å². The number of hydrogen-bond acceptors (Lipinski definition) is 11. The molecule has 296 valence electrons. The summed E-state index contributed by atoms with van der Waals surface area (Å²) in [6.07, 6.45) is 4.06. The number of rotatable bonds is 6. The van der Waals surface area contributed by atoms with Gasteiger partial charge in [-0.05, 0) is 70.5 Å². The average molecular weight is 783 g/mol. The van der Waals surface area contributed by atoms with Crippen molar-refractivity contribution in [3.05, 3.63) is 94.6 Å². The summed E-state index contributed by atoms with van der Waals surface area (Å²) in [7, 11) is 0. The van der Waals surface area contributed by atoms with Gasteiger partial charge in [0.1, 0.15) is 64.8 Å². The van der Waals surface area contributed by atoms with Crippen LogP contribution in [0.3, 0.4) is 0 Å². The molecule has 2 amide bonds. The van der Waals surface area contributed by atoms with E-state index in [2.05, 4.69) is 70.9 Å². The molecule has 0 saturated carbocycles. The van der Waals surface area contributed by atoms with Crippen LogP contribution in [0.25, 0.3) is 22.8 Å². The molecule has 2 atom stereocenters. The number of carbonyl (C=O) groups is 2. The second-order valence-electron chi connectivity index (χ2n) is 14.3. The molecule has 6 heterocycles. The van der Waals surface area contributed by atoms with Gasteiger partial charge in [-0.15, -0.1) is 0 Å². The molecule has 0 bridgehead atoms. The molecule has 0 saturated heterocycles. The van der Waals surface area contributed by atoms with E-state index in [4.69, 9.17) is 20.9 Å². The third kappa shape index (κ3) is 7.89. The minimum Gasteiger partial charge on any atom is -0.491 e. The highest BCUT2D eigenvalue weighted by Gasteiger charge is 2.29. The smallest absolute Gasteiger partial charge is 0.268 e. The van der Waals surface area contributed by atoms with E-state index in [0.29, 0.717) is 72.5 Å². The molecule has 0 radical (unpaired) electrons. The van der Waals surface area contributed by atoms with Crippen LogP contribution in [-0.2, 0) is 23.9 Å². The van der Waals surface area contributed by atoms with Gasteiger partial charge in [0.25, 0.3) is 11.8 Å². The summed E-state index contributed by atoms with van der Waals surface area (Å²) in [6.45, 7) is 11.4. The van der Waals surface area contributed by atoms with E-state index in [0.717, 1.165) is 28.9 Å². The van der Waals surface area contributed by atoms with Gasteiger partial charge in [0.05, 0.1) is 36.2 Å². The Hall–Kier alpha value is -7.24. The topological polar surface area (TPSA) is 244 Å². The van der Waals surface area contributed by atoms with Crippen LogP contribution >= 0.6 is 0 Å². The number of amides is 2. The molecule has 6 aromatic rings. The molecule has 8 rings (SSSR count). The van der Waals surface area contributed by atoms with Crippen molar-refractivity contribution in [2.24, 2.45) is 11.5 Å². The zero-order valence-electron chi connectivity index (χ0n) is 32.7. The van der Waals surface area contributed by atoms with Gasteiger partial charge in [-0.2, -0.15) is 10.2 Å². The van der Waals surface area contributed by atoms with Gasteiger partial charge in [-0.25, -0.2) is 19.9 Å². The fraction of sp³-hybridized carbons (Fsp3) is 0.317. The maximum absolute atomic E-state index is 11.5. The lowest BCUT2D eigenvalue weighted by atomic mass is 9.87. The molecule has 2 aromatic carbocycles. The molecule has 4 aromatic heterocycles. The number of aromatic nitrogens is 10. The number of aromatic amines is 2. The molecule has 2 aliphatic heterocycles. The minimum absolute atomic E-state index is 0.206. The van der Waals surface area contributed by atoms with Crippen LogP contribution in [0.1, 0.15) is 82.6 Å².